The van der Waals surface area contributed by atoms with E-state index in [2.05, 4.69) is 26.3 Å². The maximum absolute atomic E-state index is 12.6. The predicted octanol–water partition coefficient (Wildman–Crippen LogP) is 1.86. The molecule has 0 unspecified atom stereocenters. The van der Waals surface area contributed by atoms with E-state index in [0.29, 0.717) is 26.2 Å². The molecule has 0 aromatic heterocycles. The third kappa shape index (κ3) is 2.30. The Labute approximate surface area is 131 Å². The van der Waals surface area contributed by atoms with Crippen LogP contribution in [0, 0.1) is 0 Å². The highest BCUT2D eigenvalue weighted by Crippen LogP contribution is 2.34. The summed E-state index contributed by atoms with van der Waals surface area (Å²) in [6.45, 7) is 16.4. The summed E-state index contributed by atoms with van der Waals surface area (Å²) in [5.74, 6) is 0. The van der Waals surface area contributed by atoms with E-state index in [1.807, 2.05) is 0 Å². The lowest BCUT2D eigenvalue weighted by atomic mass is 10.3. The summed E-state index contributed by atoms with van der Waals surface area (Å²) in [5, 5.41) is 0. The van der Waals surface area contributed by atoms with Gasteiger partial charge in [0, 0.05) is 26.2 Å². The third-order valence-electron chi connectivity index (χ3n) is 3.83. The lowest BCUT2D eigenvalue weighted by molar-refractivity contribution is 0.144. The van der Waals surface area contributed by atoms with Crippen molar-refractivity contribution >= 4 is 12.1 Å². The highest BCUT2D eigenvalue weighted by Gasteiger charge is 2.57. The molecule has 2 saturated heterocycles. The molecule has 0 aromatic rings. The Balaban J connectivity index is 2.45. The van der Waals surface area contributed by atoms with E-state index in [4.69, 9.17) is 0 Å². The first kappa shape index (κ1) is 15.9. The molecule has 0 aliphatic carbocycles. The number of carbonyl (C=O) groups is 2. The van der Waals surface area contributed by atoms with E-state index >= 15 is 0 Å². The molecule has 2 rings (SSSR count). The molecule has 0 aromatic carbocycles. The van der Waals surface area contributed by atoms with Crippen molar-refractivity contribution in [3.8, 4) is 0 Å². The van der Waals surface area contributed by atoms with Crippen LogP contribution >= 0.6 is 0 Å². The van der Waals surface area contributed by atoms with Crippen LogP contribution in [0.2, 0.25) is 0 Å². The molecule has 2 aliphatic rings. The maximum atomic E-state index is 12.6. The Kier molecular flexibility index (Phi) is 4.70. The average molecular weight is 302 g/mol. The molecule has 6 heteroatoms. The number of hydrogen-bond donors (Lipinski definition) is 0. The number of amides is 4. The zero-order chi connectivity index (χ0) is 16.3. The highest BCUT2D eigenvalue weighted by molar-refractivity contribution is 5.85. The van der Waals surface area contributed by atoms with Crippen LogP contribution in [0.5, 0.6) is 0 Å². The van der Waals surface area contributed by atoms with Gasteiger partial charge in [-0.2, -0.15) is 0 Å². The molecule has 0 radical (unpaired) electrons. The van der Waals surface area contributed by atoms with Crippen LogP contribution in [0.25, 0.3) is 0 Å². The molecule has 2 heterocycles. The van der Waals surface area contributed by atoms with Crippen LogP contribution in [0.1, 0.15) is 0 Å². The van der Waals surface area contributed by atoms with E-state index in [0.717, 1.165) is 0 Å². The van der Waals surface area contributed by atoms with Crippen molar-refractivity contribution in [1.29, 1.82) is 0 Å². The van der Waals surface area contributed by atoms with Crippen molar-refractivity contribution in [2.24, 2.45) is 0 Å². The van der Waals surface area contributed by atoms with Crippen LogP contribution < -0.4 is 0 Å². The van der Waals surface area contributed by atoms with E-state index in [1.165, 1.54) is 0 Å². The predicted molar refractivity (Wildman–Crippen MR) is 86.0 cm³/mol. The van der Waals surface area contributed by atoms with Crippen molar-refractivity contribution < 1.29 is 9.59 Å². The molecule has 4 amide bonds. The molecule has 0 spiro atoms. The molecule has 0 bridgehead atoms. The minimum Gasteiger partial charge on any atom is -0.296 e. The molecular formula is C16H22N4O2. The largest absolute Gasteiger partial charge is 0.324 e. The molecule has 2 fully saturated rings. The van der Waals surface area contributed by atoms with Gasteiger partial charge in [-0.25, -0.2) is 9.59 Å². The lowest BCUT2D eigenvalue weighted by Gasteiger charge is -2.28. The van der Waals surface area contributed by atoms with Gasteiger partial charge in [0.15, 0.2) is 12.3 Å². The monoisotopic (exact) mass is 302 g/mol. The van der Waals surface area contributed by atoms with Gasteiger partial charge in [0.05, 0.1) is 0 Å². The zero-order valence-electron chi connectivity index (χ0n) is 12.7. The van der Waals surface area contributed by atoms with E-state index in [-0.39, 0.29) is 24.4 Å². The Morgan fingerprint density at radius 2 is 0.864 bits per heavy atom. The van der Waals surface area contributed by atoms with Gasteiger partial charge in [-0.05, 0) is 0 Å². The Morgan fingerprint density at radius 3 is 1.05 bits per heavy atom. The average Bonchev–Trinajstić information content (AvgIpc) is 2.90. The summed E-state index contributed by atoms with van der Waals surface area (Å²) < 4.78 is 0. The number of nitrogens with zero attached hydrogens (tertiary/aromatic N) is 4. The molecule has 0 atom stereocenters. The third-order valence-corrected chi connectivity index (χ3v) is 3.83. The highest BCUT2D eigenvalue weighted by atomic mass is 16.2. The van der Waals surface area contributed by atoms with Gasteiger partial charge in [0.25, 0.3) is 0 Å². The Bertz CT molecular complexity index is 430. The normalized spacial score (nSPS) is 23.8. The minimum absolute atomic E-state index is 0.120. The van der Waals surface area contributed by atoms with Gasteiger partial charge in [0.1, 0.15) is 0 Å². The smallest absolute Gasteiger partial charge is 0.296 e. The number of rotatable bonds is 8. The second-order valence-electron chi connectivity index (χ2n) is 5.16. The van der Waals surface area contributed by atoms with Crippen LogP contribution in [-0.2, 0) is 0 Å². The van der Waals surface area contributed by atoms with E-state index in [9.17, 15) is 9.59 Å². The molecule has 22 heavy (non-hydrogen) atoms. The first-order valence-electron chi connectivity index (χ1n) is 7.20. The number of urea groups is 2. The van der Waals surface area contributed by atoms with Gasteiger partial charge in [-0.15, -0.1) is 26.3 Å². The summed E-state index contributed by atoms with van der Waals surface area (Å²) in [4.78, 5) is 31.9. The summed E-state index contributed by atoms with van der Waals surface area (Å²) >= 11 is 0. The van der Waals surface area contributed by atoms with Gasteiger partial charge < -0.3 is 0 Å². The van der Waals surface area contributed by atoms with Crippen molar-refractivity contribution in [1.82, 2.24) is 19.6 Å². The Hall–Kier alpha value is -2.50. The summed E-state index contributed by atoms with van der Waals surface area (Å²) in [7, 11) is 0. The molecule has 0 saturated carbocycles. The quantitative estimate of drug-likeness (QED) is 0.643. The number of carbonyl (C=O) groups excluding carboxylic acids is 2. The second kappa shape index (κ2) is 6.51. The van der Waals surface area contributed by atoms with E-state index < -0.39 is 0 Å². The fourth-order valence-electron chi connectivity index (χ4n) is 3.06. The lowest BCUT2D eigenvalue weighted by Crippen LogP contribution is -2.46. The Morgan fingerprint density at radius 1 is 0.636 bits per heavy atom. The van der Waals surface area contributed by atoms with Crippen LogP contribution in [0.3, 0.4) is 0 Å². The van der Waals surface area contributed by atoms with Gasteiger partial charge >= 0.3 is 12.1 Å². The minimum atomic E-state index is -0.351. The van der Waals surface area contributed by atoms with E-state index in [1.54, 1.807) is 43.9 Å². The fraction of sp³-hybridized carbons (Fsp3) is 0.375. The summed E-state index contributed by atoms with van der Waals surface area (Å²) in [5.41, 5.74) is 0. The van der Waals surface area contributed by atoms with Crippen LogP contribution in [0.15, 0.2) is 50.6 Å². The summed E-state index contributed by atoms with van der Waals surface area (Å²) in [6.07, 6.45) is 5.96. The molecule has 2 aliphatic heterocycles. The zero-order valence-corrected chi connectivity index (χ0v) is 12.7. The van der Waals surface area contributed by atoms with Gasteiger partial charge in [0.2, 0.25) is 0 Å². The molecular weight excluding hydrogens is 280 g/mol. The van der Waals surface area contributed by atoms with Gasteiger partial charge in [-0.3, -0.25) is 19.6 Å². The first-order valence-corrected chi connectivity index (χ1v) is 7.20. The van der Waals surface area contributed by atoms with Crippen LogP contribution in [-0.4, -0.2) is 70.2 Å². The topological polar surface area (TPSA) is 47.1 Å². The number of fused-ring (bicyclic) bond motifs is 1. The second-order valence-corrected chi connectivity index (χ2v) is 5.16. The first-order chi connectivity index (χ1) is 10.6. The molecule has 6 nitrogen and oxygen atoms in total. The standard InChI is InChI=1S/C16H22N4O2/c1-5-9-17-13-14(19(11-7-3)15(17)21)20(12-8-4)16(22)18(13)10-6-2/h5-8,13-14H,1-4,9-12H2. The van der Waals surface area contributed by atoms with Crippen molar-refractivity contribution in [3.05, 3.63) is 50.6 Å². The van der Waals surface area contributed by atoms with Crippen molar-refractivity contribution in [2.75, 3.05) is 26.2 Å². The van der Waals surface area contributed by atoms with Crippen molar-refractivity contribution in [3.63, 3.8) is 0 Å². The maximum Gasteiger partial charge on any atom is 0.324 e. The SMILES string of the molecule is C=CCN1C(=O)N(CC=C)C2C1N(CC=C)C(=O)N2CC=C. The fourth-order valence-corrected chi connectivity index (χ4v) is 3.06. The van der Waals surface area contributed by atoms with Gasteiger partial charge in [-0.1, -0.05) is 24.3 Å². The molecule has 118 valence electrons. The van der Waals surface area contributed by atoms with Crippen LogP contribution in [0.4, 0.5) is 9.59 Å². The summed E-state index contributed by atoms with van der Waals surface area (Å²) in [6, 6.07) is -0.240. The molecule has 0 N–H and O–H groups in total. The van der Waals surface area contributed by atoms with Crippen molar-refractivity contribution in [2.45, 2.75) is 12.3 Å². The number of hydrogen-bond acceptors (Lipinski definition) is 2.